The van der Waals surface area contributed by atoms with Gasteiger partial charge in [0.25, 0.3) is 0 Å². The van der Waals surface area contributed by atoms with Crippen molar-refractivity contribution in [3.63, 3.8) is 0 Å². The van der Waals surface area contributed by atoms with Gasteiger partial charge in [0.15, 0.2) is 5.76 Å². The predicted molar refractivity (Wildman–Crippen MR) is 72.3 cm³/mol. The van der Waals surface area contributed by atoms with Crippen LogP contribution >= 0.6 is 47.8 Å². The minimum atomic E-state index is -0.795. The van der Waals surface area contributed by atoms with E-state index in [-0.39, 0.29) is 0 Å². The summed E-state index contributed by atoms with van der Waals surface area (Å²) in [5.74, 6) is 0.499. The van der Waals surface area contributed by atoms with Gasteiger partial charge in [0.05, 0.1) is 10.7 Å². The summed E-state index contributed by atoms with van der Waals surface area (Å²) in [6.45, 7) is 0. The van der Waals surface area contributed by atoms with E-state index in [0.29, 0.717) is 5.76 Å². The first kappa shape index (κ1) is 12.4. The molecule has 1 N–H and O–H groups in total. The summed E-state index contributed by atoms with van der Waals surface area (Å²) < 4.78 is 7.75. The Kier molecular flexibility index (Phi) is 3.89. The van der Waals surface area contributed by atoms with Crippen LogP contribution < -0.4 is 0 Å². The van der Waals surface area contributed by atoms with Gasteiger partial charge in [-0.15, -0.1) is 0 Å². The molecular weight excluding hydrogens is 404 g/mol. The summed E-state index contributed by atoms with van der Waals surface area (Å²) in [4.78, 5) is 0. The number of benzene rings is 1. The van der Waals surface area contributed by atoms with Crippen molar-refractivity contribution in [2.24, 2.45) is 0 Å². The molecule has 2 aromatic rings. The highest BCUT2D eigenvalue weighted by atomic mass is 79.9. The van der Waals surface area contributed by atoms with Crippen LogP contribution in [0.5, 0.6) is 0 Å². The molecule has 2 nitrogen and oxygen atoms in total. The summed E-state index contributed by atoms with van der Waals surface area (Å²) in [6, 6.07) is 7.38. The fourth-order valence-electron chi connectivity index (χ4n) is 1.37. The molecule has 1 heterocycles. The average Bonchev–Trinajstić information content (AvgIpc) is 2.67. The summed E-state index contributed by atoms with van der Waals surface area (Å²) in [7, 11) is 0. The number of halogens is 3. The maximum absolute atomic E-state index is 10.2. The molecule has 1 aromatic heterocycles. The van der Waals surface area contributed by atoms with Gasteiger partial charge in [0.1, 0.15) is 6.10 Å². The Bertz CT molecular complexity index is 508. The summed E-state index contributed by atoms with van der Waals surface area (Å²) in [5, 5.41) is 10.2. The Hall–Kier alpha value is -0.100. The molecule has 16 heavy (non-hydrogen) atoms. The summed E-state index contributed by atoms with van der Waals surface area (Å²) in [5.41, 5.74) is 0.755. The molecular formula is C11H7Br3O2. The van der Waals surface area contributed by atoms with Crippen LogP contribution in [-0.4, -0.2) is 5.11 Å². The molecule has 0 radical (unpaired) electrons. The van der Waals surface area contributed by atoms with Gasteiger partial charge in [0.2, 0.25) is 0 Å². The molecule has 1 aromatic carbocycles. The zero-order valence-corrected chi connectivity index (χ0v) is 12.7. The van der Waals surface area contributed by atoms with Gasteiger partial charge in [-0.25, -0.2) is 0 Å². The second-order valence-electron chi connectivity index (χ2n) is 3.20. The first-order chi connectivity index (χ1) is 7.59. The van der Waals surface area contributed by atoms with Crippen molar-refractivity contribution < 1.29 is 9.52 Å². The Morgan fingerprint density at radius 3 is 2.44 bits per heavy atom. The molecule has 0 aliphatic heterocycles. The van der Waals surface area contributed by atoms with E-state index in [0.717, 1.165) is 19.0 Å². The lowest BCUT2D eigenvalue weighted by molar-refractivity contribution is 0.187. The van der Waals surface area contributed by atoms with E-state index in [4.69, 9.17) is 4.42 Å². The number of rotatable bonds is 2. The molecule has 5 heteroatoms. The van der Waals surface area contributed by atoms with Crippen LogP contribution in [0.3, 0.4) is 0 Å². The topological polar surface area (TPSA) is 33.4 Å². The van der Waals surface area contributed by atoms with Gasteiger partial charge in [0, 0.05) is 14.5 Å². The number of hydrogen-bond acceptors (Lipinski definition) is 2. The maximum Gasteiger partial charge on any atom is 0.150 e. The predicted octanol–water partition coefficient (Wildman–Crippen LogP) is 4.65. The number of furan rings is 1. The quantitative estimate of drug-likeness (QED) is 0.781. The Balaban J connectivity index is 2.45. The molecule has 0 fully saturated rings. The minimum absolute atomic E-state index is 0.499. The highest BCUT2D eigenvalue weighted by molar-refractivity contribution is 9.11. The number of aliphatic hydroxyl groups is 1. The van der Waals surface area contributed by atoms with E-state index in [9.17, 15) is 5.11 Å². The molecule has 2 rings (SSSR count). The van der Waals surface area contributed by atoms with E-state index in [1.807, 2.05) is 18.2 Å². The number of aliphatic hydroxyl groups excluding tert-OH is 1. The molecule has 1 unspecified atom stereocenters. The van der Waals surface area contributed by atoms with Crippen LogP contribution in [0, 0.1) is 0 Å². The largest absolute Gasteiger partial charge is 0.465 e. The van der Waals surface area contributed by atoms with Crippen molar-refractivity contribution in [2.75, 3.05) is 0 Å². The van der Waals surface area contributed by atoms with E-state index in [1.54, 1.807) is 6.07 Å². The van der Waals surface area contributed by atoms with E-state index in [1.165, 1.54) is 6.26 Å². The van der Waals surface area contributed by atoms with E-state index in [2.05, 4.69) is 47.8 Å². The minimum Gasteiger partial charge on any atom is -0.465 e. The van der Waals surface area contributed by atoms with Crippen molar-refractivity contribution in [3.05, 3.63) is 55.3 Å². The van der Waals surface area contributed by atoms with Crippen LogP contribution in [0.15, 0.2) is 48.4 Å². The van der Waals surface area contributed by atoms with Crippen molar-refractivity contribution in [1.29, 1.82) is 0 Å². The Morgan fingerprint density at radius 2 is 1.81 bits per heavy atom. The lowest BCUT2D eigenvalue weighted by Crippen LogP contribution is -2.00. The molecule has 0 amide bonds. The highest BCUT2D eigenvalue weighted by Gasteiger charge is 2.19. The first-order valence-corrected chi connectivity index (χ1v) is 6.83. The smallest absolute Gasteiger partial charge is 0.150 e. The fraction of sp³-hybridized carbons (Fsp3) is 0.0909. The van der Waals surface area contributed by atoms with Crippen LogP contribution in [0.4, 0.5) is 0 Å². The first-order valence-electron chi connectivity index (χ1n) is 4.45. The van der Waals surface area contributed by atoms with Crippen molar-refractivity contribution in [3.8, 4) is 0 Å². The molecule has 1 atom stereocenters. The third-order valence-corrected chi connectivity index (χ3v) is 4.02. The second kappa shape index (κ2) is 5.04. The van der Waals surface area contributed by atoms with Crippen molar-refractivity contribution >= 4 is 47.8 Å². The SMILES string of the molecule is OC(c1cc(Br)ccc1Br)c1occc1Br. The normalized spacial score (nSPS) is 12.8. The van der Waals surface area contributed by atoms with Gasteiger partial charge in [-0.1, -0.05) is 31.9 Å². The number of hydrogen-bond donors (Lipinski definition) is 1. The third-order valence-electron chi connectivity index (χ3n) is 2.15. The van der Waals surface area contributed by atoms with Crippen LogP contribution in [-0.2, 0) is 0 Å². The van der Waals surface area contributed by atoms with Gasteiger partial charge in [-0.3, -0.25) is 0 Å². The van der Waals surface area contributed by atoms with Gasteiger partial charge < -0.3 is 9.52 Å². The monoisotopic (exact) mass is 408 g/mol. The van der Waals surface area contributed by atoms with E-state index >= 15 is 0 Å². The molecule has 84 valence electrons. The maximum atomic E-state index is 10.2. The van der Waals surface area contributed by atoms with Crippen LogP contribution in [0.25, 0.3) is 0 Å². The Morgan fingerprint density at radius 1 is 1.06 bits per heavy atom. The van der Waals surface area contributed by atoms with Crippen LogP contribution in [0.1, 0.15) is 17.4 Å². The van der Waals surface area contributed by atoms with Crippen molar-refractivity contribution in [2.45, 2.75) is 6.10 Å². The molecule has 0 aliphatic carbocycles. The molecule has 0 spiro atoms. The molecule has 0 saturated carbocycles. The average molecular weight is 411 g/mol. The summed E-state index contributed by atoms with van der Waals surface area (Å²) >= 11 is 10.1. The van der Waals surface area contributed by atoms with Gasteiger partial charge in [-0.05, 0) is 40.2 Å². The van der Waals surface area contributed by atoms with Gasteiger partial charge >= 0.3 is 0 Å². The van der Waals surface area contributed by atoms with E-state index < -0.39 is 6.10 Å². The zero-order valence-electron chi connectivity index (χ0n) is 7.95. The summed E-state index contributed by atoms with van der Waals surface area (Å²) in [6.07, 6.45) is 0.741. The lowest BCUT2D eigenvalue weighted by Gasteiger charge is -2.11. The zero-order chi connectivity index (χ0) is 11.7. The standard InChI is InChI=1S/C11H7Br3O2/c12-6-1-2-8(13)7(5-6)10(15)11-9(14)3-4-16-11/h1-5,10,15H. The second-order valence-corrected chi connectivity index (χ2v) is 5.83. The molecule has 0 aliphatic rings. The van der Waals surface area contributed by atoms with Crippen molar-refractivity contribution in [1.82, 2.24) is 0 Å². The van der Waals surface area contributed by atoms with Crippen LogP contribution in [0.2, 0.25) is 0 Å². The third kappa shape index (κ3) is 2.42. The molecule has 0 bridgehead atoms. The van der Waals surface area contributed by atoms with Gasteiger partial charge in [-0.2, -0.15) is 0 Å². The fourth-order valence-corrected chi connectivity index (χ4v) is 2.63. The Labute approximate surface area is 118 Å². The highest BCUT2D eigenvalue weighted by Crippen LogP contribution is 2.34. The lowest BCUT2D eigenvalue weighted by atomic mass is 10.1. The molecule has 0 saturated heterocycles.